The molecule has 2 heterocycles. The van der Waals surface area contributed by atoms with Crippen LogP contribution in [0.2, 0.25) is 0 Å². The number of fused-ring (bicyclic) bond motifs is 1. The highest BCUT2D eigenvalue weighted by Crippen LogP contribution is 2.46. The molecule has 2 aromatic carbocycles. The van der Waals surface area contributed by atoms with Crippen molar-refractivity contribution in [2.24, 2.45) is 11.3 Å². The minimum atomic E-state index is -4.95. The van der Waals surface area contributed by atoms with Crippen molar-refractivity contribution >= 4 is 17.5 Å². The Morgan fingerprint density at radius 3 is 2.36 bits per heavy atom. The fourth-order valence-electron chi connectivity index (χ4n) is 5.39. The van der Waals surface area contributed by atoms with Crippen molar-refractivity contribution in [3.8, 4) is 5.75 Å². The van der Waals surface area contributed by atoms with Gasteiger partial charge >= 0.3 is 12.4 Å². The number of rotatable bonds is 7. The molecule has 1 aliphatic carbocycles. The van der Waals surface area contributed by atoms with E-state index in [2.05, 4.69) is 15.5 Å². The highest BCUT2D eigenvalue weighted by atomic mass is 19.4. The van der Waals surface area contributed by atoms with E-state index in [1.807, 2.05) is 12.1 Å². The van der Waals surface area contributed by atoms with Crippen LogP contribution < -0.4 is 15.4 Å². The molecule has 1 unspecified atom stereocenters. The lowest BCUT2D eigenvalue weighted by atomic mass is 9.80. The van der Waals surface area contributed by atoms with E-state index < -0.39 is 35.4 Å². The molecule has 2 aromatic rings. The number of ether oxygens (including phenoxy) is 1. The third-order valence-electron chi connectivity index (χ3n) is 7.47. The van der Waals surface area contributed by atoms with Crippen LogP contribution in [0.4, 0.5) is 32.0 Å². The summed E-state index contributed by atoms with van der Waals surface area (Å²) >= 11 is 0. The Labute approximate surface area is 220 Å². The normalized spacial score (nSPS) is 21.7. The van der Waals surface area contributed by atoms with Crippen LogP contribution in [0.1, 0.15) is 47.9 Å². The molecule has 1 saturated heterocycles. The fourth-order valence-corrected chi connectivity index (χ4v) is 5.39. The van der Waals surface area contributed by atoms with E-state index >= 15 is 0 Å². The zero-order valence-corrected chi connectivity index (χ0v) is 20.8. The summed E-state index contributed by atoms with van der Waals surface area (Å²) in [6.45, 7) is 1.02. The Morgan fingerprint density at radius 1 is 1.03 bits per heavy atom. The summed E-state index contributed by atoms with van der Waals surface area (Å²) in [4.78, 5) is 27.2. The number of nitrogens with zero attached hydrogens (tertiary/aromatic N) is 1. The van der Waals surface area contributed by atoms with E-state index in [-0.39, 0.29) is 30.1 Å². The zero-order valence-electron chi connectivity index (χ0n) is 20.8. The minimum Gasteiger partial charge on any atom is -0.482 e. The molecule has 1 saturated carbocycles. The van der Waals surface area contributed by atoms with Gasteiger partial charge in [-0.25, -0.2) is 0 Å². The fraction of sp³-hybridized carbons (Fsp3) is 0.481. The molecule has 2 amide bonds. The number of amides is 2. The number of alkyl halides is 6. The van der Waals surface area contributed by atoms with Gasteiger partial charge < -0.3 is 15.4 Å². The van der Waals surface area contributed by atoms with Crippen molar-refractivity contribution in [3.63, 3.8) is 0 Å². The van der Waals surface area contributed by atoms with Gasteiger partial charge in [0.25, 0.3) is 5.91 Å². The number of anilines is 1. The molecule has 0 bridgehead atoms. The predicted octanol–water partition coefficient (Wildman–Crippen LogP) is 5.36. The summed E-state index contributed by atoms with van der Waals surface area (Å²) < 4.78 is 84.8. The van der Waals surface area contributed by atoms with Crippen LogP contribution in [0.3, 0.4) is 0 Å². The number of likely N-dealkylation sites (tertiary alicyclic amines) is 1. The van der Waals surface area contributed by atoms with Crippen molar-refractivity contribution < 1.29 is 40.7 Å². The molecule has 210 valence electrons. The second-order valence-electron chi connectivity index (χ2n) is 10.7. The number of carbonyl (C=O) groups is 2. The first-order chi connectivity index (χ1) is 18.3. The first-order valence-corrected chi connectivity index (χ1v) is 12.7. The van der Waals surface area contributed by atoms with Crippen LogP contribution in [-0.4, -0.2) is 36.4 Å². The molecule has 3 aliphatic rings. The predicted molar refractivity (Wildman–Crippen MR) is 129 cm³/mol. The maximum Gasteiger partial charge on any atom is 0.416 e. The molecule has 39 heavy (non-hydrogen) atoms. The molecule has 2 fully saturated rings. The molecule has 0 aromatic heterocycles. The van der Waals surface area contributed by atoms with Crippen molar-refractivity contribution in [2.45, 2.75) is 51.1 Å². The summed E-state index contributed by atoms with van der Waals surface area (Å²) in [6.07, 6.45) is -6.80. The quantitative estimate of drug-likeness (QED) is 0.452. The second kappa shape index (κ2) is 10.0. The Kier molecular flexibility index (Phi) is 7.02. The molecule has 2 aliphatic heterocycles. The molecule has 12 heteroatoms. The van der Waals surface area contributed by atoms with Crippen LogP contribution in [0.15, 0.2) is 36.4 Å². The summed E-state index contributed by atoms with van der Waals surface area (Å²) in [5.41, 5.74) is -2.39. The largest absolute Gasteiger partial charge is 0.482 e. The van der Waals surface area contributed by atoms with Gasteiger partial charge in [0, 0.05) is 19.6 Å². The third kappa shape index (κ3) is 6.32. The van der Waals surface area contributed by atoms with E-state index in [4.69, 9.17) is 4.74 Å². The number of hydrogen-bond donors (Lipinski definition) is 2. The average Bonchev–Trinajstić information content (AvgIpc) is 3.58. The molecular weight excluding hydrogens is 528 g/mol. The lowest BCUT2D eigenvalue weighted by molar-refractivity contribution is -0.143. The first-order valence-electron chi connectivity index (χ1n) is 12.7. The van der Waals surface area contributed by atoms with Gasteiger partial charge in [0.15, 0.2) is 6.61 Å². The van der Waals surface area contributed by atoms with Crippen molar-refractivity contribution in [2.75, 3.05) is 25.0 Å². The van der Waals surface area contributed by atoms with Gasteiger partial charge in [0.05, 0.1) is 22.2 Å². The van der Waals surface area contributed by atoms with Crippen LogP contribution >= 0.6 is 0 Å². The summed E-state index contributed by atoms with van der Waals surface area (Å²) in [5.74, 6) is 0.334. The van der Waals surface area contributed by atoms with E-state index in [0.29, 0.717) is 62.0 Å². The van der Waals surface area contributed by atoms with Crippen LogP contribution in [0.5, 0.6) is 5.75 Å². The maximum absolute atomic E-state index is 13.4. The topological polar surface area (TPSA) is 70.7 Å². The van der Waals surface area contributed by atoms with E-state index in [1.54, 1.807) is 6.07 Å². The van der Waals surface area contributed by atoms with Gasteiger partial charge in [-0.1, -0.05) is 18.9 Å². The minimum absolute atomic E-state index is 0.0463. The Bertz CT molecular complexity index is 1240. The number of hydrogen-bond acceptors (Lipinski definition) is 4. The van der Waals surface area contributed by atoms with E-state index in [0.717, 1.165) is 18.4 Å². The average molecular weight is 556 g/mol. The number of carbonyl (C=O) groups excluding carboxylic acids is 2. The van der Waals surface area contributed by atoms with E-state index in [9.17, 15) is 35.9 Å². The highest BCUT2D eigenvalue weighted by Gasteiger charge is 2.47. The van der Waals surface area contributed by atoms with Gasteiger partial charge in [0.1, 0.15) is 5.75 Å². The molecule has 5 rings (SSSR count). The summed E-state index contributed by atoms with van der Waals surface area (Å²) in [7, 11) is 0. The van der Waals surface area contributed by atoms with Gasteiger partial charge in [-0.2, -0.15) is 26.3 Å². The molecule has 1 atom stereocenters. The first kappa shape index (κ1) is 27.3. The van der Waals surface area contributed by atoms with Gasteiger partial charge in [-0.05, 0) is 66.8 Å². The Hall–Kier alpha value is -3.28. The van der Waals surface area contributed by atoms with Crippen LogP contribution in [0, 0.1) is 11.3 Å². The zero-order chi connectivity index (χ0) is 28.0. The standard InChI is InChI=1S/C27H27F6N3O3/c28-26(29,30)19-7-18(8-20(10-19)27(31,32)33)12-34-24(38)25(11-16-1-2-16)5-6-36(15-25)13-17-3-4-22-21(9-17)35-23(37)14-39-22/h3-4,7-10,16H,1-2,5-6,11-15H2,(H,34,38)(H,35,37). The number of halogens is 6. The maximum atomic E-state index is 13.4. The SMILES string of the molecule is O=C1COc2ccc(CN3CCC(CC4CC4)(C(=O)NCc4cc(C(F)(F)F)cc(C(F)(F)F)c4)C3)cc2N1. The van der Waals surface area contributed by atoms with Gasteiger partial charge in [-0.15, -0.1) is 0 Å². The van der Waals surface area contributed by atoms with Gasteiger partial charge in [0.2, 0.25) is 5.91 Å². The Morgan fingerprint density at radius 2 is 1.72 bits per heavy atom. The van der Waals surface area contributed by atoms with Gasteiger partial charge in [-0.3, -0.25) is 14.5 Å². The molecule has 6 nitrogen and oxygen atoms in total. The Balaban J connectivity index is 1.29. The lowest BCUT2D eigenvalue weighted by Crippen LogP contribution is -2.43. The summed E-state index contributed by atoms with van der Waals surface area (Å²) in [6, 6.07) is 6.83. The smallest absolute Gasteiger partial charge is 0.416 e. The van der Waals surface area contributed by atoms with Crippen molar-refractivity contribution in [3.05, 3.63) is 58.7 Å². The van der Waals surface area contributed by atoms with Crippen LogP contribution in [0.25, 0.3) is 0 Å². The number of nitrogens with one attached hydrogen (secondary N) is 2. The van der Waals surface area contributed by atoms with Crippen molar-refractivity contribution in [1.29, 1.82) is 0 Å². The monoisotopic (exact) mass is 555 g/mol. The van der Waals surface area contributed by atoms with Crippen LogP contribution in [-0.2, 0) is 35.0 Å². The lowest BCUT2D eigenvalue weighted by Gasteiger charge is -2.29. The summed E-state index contributed by atoms with van der Waals surface area (Å²) in [5, 5.41) is 5.40. The van der Waals surface area contributed by atoms with Crippen molar-refractivity contribution in [1.82, 2.24) is 10.2 Å². The number of benzene rings is 2. The molecule has 2 N–H and O–H groups in total. The van der Waals surface area contributed by atoms with E-state index in [1.165, 1.54) is 0 Å². The highest BCUT2D eigenvalue weighted by molar-refractivity contribution is 5.95. The molecule has 0 radical (unpaired) electrons. The third-order valence-corrected chi connectivity index (χ3v) is 7.47. The second-order valence-corrected chi connectivity index (χ2v) is 10.7. The molecule has 0 spiro atoms. The molecular formula is C27H27F6N3O3.